The molecule has 4 heteroatoms. The normalized spacial score (nSPS) is 14.9. The molecule has 0 spiro atoms. The van der Waals surface area contributed by atoms with Crippen molar-refractivity contribution in [3.05, 3.63) is 33.8 Å². The van der Waals surface area contributed by atoms with E-state index < -0.39 is 5.82 Å². The second-order valence-corrected chi connectivity index (χ2v) is 4.79. The van der Waals surface area contributed by atoms with Crippen LogP contribution in [0, 0.1) is 17.6 Å². The van der Waals surface area contributed by atoms with Gasteiger partial charge in [-0.3, -0.25) is 0 Å². The minimum absolute atomic E-state index is 0.160. The van der Waals surface area contributed by atoms with Crippen molar-refractivity contribution in [3.63, 3.8) is 0 Å². The van der Waals surface area contributed by atoms with Gasteiger partial charge in [0.15, 0.2) is 0 Å². The molecular weight excluding hydrogens is 276 g/mol. The lowest BCUT2D eigenvalue weighted by Crippen LogP contribution is -2.24. The molecule has 0 radical (unpaired) electrons. The minimum Gasteiger partial charge on any atom is -0.313 e. The molecule has 1 aromatic rings. The van der Waals surface area contributed by atoms with Crippen molar-refractivity contribution in [1.82, 2.24) is 5.32 Å². The maximum Gasteiger partial charge on any atom is 0.137 e. The first-order chi connectivity index (χ1) is 7.51. The van der Waals surface area contributed by atoms with Gasteiger partial charge in [0.05, 0.1) is 4.47 Å². The Morgan fingerprint density at radius 3 is 2.44 bits per heavy atom. The highest BCUT2D eigenvalue weighted by atomic mass is 79.9. The van der Waals surface area contributed by atoms with Crippen LogP contribution < -0.4 is 5.32 Å². The Hall–Kier alpha value is -0.480. The fraction of sp³-hybridized carbons (Fsp3) is 0.500. The minimum atomic E-state index is -0.431. The lowest BCUT2D eigenvalue weighted by molar-refractivity contribution is 0.385. The summed E-state index contributed by atoms with van der Waals surface area (Å²) in [5, 5.41) is 3.03. The maximum absolute atomic E-state index is 13.7. The maximum atomic E-state index is 13.7. The van der Waals surface area contributed by atoms with Gasteiger partial charge in [-0.25, -0.2) is 8.78 Å². The summed E-state index contributed by atoms with van der Waals surface area (Å²) in [5.74, 6) is -0.562. The molecule has 0 saturated carbocycles. The molecule has 1 aromatic carbocycles. The predicted molar refractivity (Wildman–Crippen MR) is 65.3 cm³/mol. The van der Waals surface area contributed by atoms with E-state index in [1.54, 1.807) is 7.05 Å². The molecule has 0 amide bonds. The fourth-order valence-electron chi connectivity index (χ4n) is 1.76. The number of nitrogens with one attached hydrogen (secondary N) is 1. The van der Waals surface area contributed by atoms with E-state index in [4.69, 9.17) is 0 Å². The molecule has 0 aromatic heterocycles. The lowest BCUT2D eigenvalue weighted by atomic mass is 9.92. The Balaban J connectivity index is 3.15. The number of halogens is 3. The number of hydrogen-bond acceptors (Lipinski definition) is 1. The molecule has 0 aliphatic carbocycles. The van der Waals surface area contributed by atoms with E-state index in [2.05, 4.69) is 21.2 Å². The molecule has 0 saturated heterocycles. The van der Waals surface area contributed by atoms with Crippen LogP contribution in [0.15, 0.2) is 16.6 Å². The third kappa shape index (κ3) is 2.80. The zero-order chi connectivity index (χ0) is 12.3. The van der Waals surface area contributed by atoms with E-state index in [1.165, 1.54) is 12.1 Å². The first kappa shape index (κ1) is 13.6. The standard InChI is InChI=1S/C12H16BrF2N/c1-4-7(2)12(16-3)8-5-11(15)9(13)6-10(8)14/h5-7,12,16H,4H2,1-3H3. The highest BCUT2D eigenvalue weighted by molar-refractivity contribution is 9.10. The molecule has 1 N–H and O–H groups in total. The largest absolute Gasteiger partial charge is 0.313 e. The van der Waals surface area contributed by atoms with Crippen LogP contribution in [-0.4, -0.2) is 7.05 Å². The molecule has 0 aliphatic rings. The van der Waals surface area contributed by atoms with E-state index in [0.717, 1.165) is 6.42 Å². The Kier molecular flexibility index (Phi) is 4.87. The number of benzene rings is 1. The summed E-state index contributed by atoms with van der Waals surface area (Å²) < 4.78 is 27.3. The van der Waals surface area contributed by atoms with Crippen molar-refractivity contribution in [3.8, 4) is 0 Å². The topological polar surface area (TPSA) is 12.0 Å². The zero-order valence-corrected chi connectivity index (χ0v) is 11.2. The summed E-state index contributed by atoms with van der Waals surface area (Å²) in [6.07, 6.45) is 0.905. The SMILES string of the molecule is CCC(C)C(NC)c1cc(F)c(Br)cc1F. The van der Waals surface area contributed by atoms with Crippen LogP contribution in [0.2, 0.25) is 0 Å². The molecule has 2 atom stereocenters. The molecular formula is C12H16BrF2N. The summed E-state index contributed by atoms with van der Waals surface area (Å²) in [5.41, 5.74) is 0.387. The van der Waals surface area contributed by atoms with Gasteiger partial charge in [-0.05, 0) is 41.0 Å². The van der Waals surface area contributed by atoms with Gasteiger partial charge in [0, 0.05) is 11.6 Å². The highest BCUT2D eigenvalue weighted by Gasteiger charge is 2.21. The molecule has 16 heavy (non-hydrogen) atoms. The average Bonchev–Trinajstić information content (AvgIpc) is 2.26. The third-order valence-corrected chi connectivity index (χ3v) is 3.51. The van der Waals surface area contributed by atoms with Crippen LogP contribution in [0.5, 0.6) is 0 Å². The van der Waals surface area contributed by atoms with Crippen LogP contribution in [0.1, 0.15) is 31.9 Å². The van der Waals surface area contributed by atoms with Gasteiger partial charge in [-0.1, -0.05) is 20.3 Å². The van der Waals surface area contributed by atoms with Crippen molar-refractivity contribution in [1.29, 1.82) is 0 Å². The lowest BCUT2D eigenvalue weighted by Gasteiger charge is -2.23. The molecule has 0 fully saturated rings. The Morgan fingerprint density at radius 1 is 1.31 bits per heavy atom. The fourth-order valence-corrected chi connectivity index (χ4v) is 2.07. The summed E-state index contributed by atoms with van der Waals surface area (Å²) in [7, 11) is 1.76. The van der Waals surface area contributed by atoms with Gasteiger partial charge in [-0.2, -0.15) is 0 Å². The summed E-state index contributed by atoms with van der Waals surface area (Å²) in [6.45, 7) is 4.04. The van der Waals surface area contributed by atoms with E-state index >= 15 is 0 Å². The first-order valence-corrected chi connectivity index (χ1v) is 6.12. The van der Waals surface area contributed by atoms with Crippen molar-refractivity contribution in [2.45, 2.75) is 26.3 Å². The Labute approximate surface area is 103 Å². The molecule has 0 heterocycles. The molecule has 1 rings (SSSR count). The summed E-state index contributed by atoms with van der Waals surface area (Å²) >= 11 is 2.97. The van der Waals surface area contributed by atoms with Crippen LogP contribution >= 0.6 is 15.9 Å². The Bertz CT molecular complexity index is 368. The van der Waals surface area contributed by atoms with Crippen molar-refractivity contribution < 1.29 is 8.78 Å². The molecule has 0 bridgehead atoms. The van der Waals surface area contributed by atoms with Gasteiger partial charge in [0.25, 0.3) is 0 Å². The van der Waals surface area contributed by atoms with E-state index in [-0.39, 0.29) is 22.2 Å². The zero-order valence-electron chi connectivity index (χ0n) is 9.65. The second kappa shape index (κ2) is 5.73. The molecule has 90 valence electrons. The van der Waals surface area contributed by atoms with Gasteiger partial charge < -0.3 is 5.32 Å². The van der Waals surface area contributed by atoms with Crippen molar-refractivity contribution in [2.75, 3.05) is 7.05 Å². The summed E-state index contributed by atoms with van der Waals surface area (Å²) in [6, 6.07) is 2.28. The van der Waals surface area contributed by atoms with Crippen molar-refractivity contribution >= 4 is 15.9 Å². The van der Waals surface area contributed by atoms with Gasteiger partial charge in [-0.15, -0.1) is 0 Å². The number of rotatable bonds is 4. The van der Waals surface area contributed by atoms with Gasteiger partial charge in [0.2, 0.25) is 0 Å². The van der Waals surface area contributed by atoms with Crippen molar-refractivity contribution in [2.24, 2.45) is 5.92 Å². The quantitative estimate of drug-likeness (QED) is 0.826. The smallest absolute Gasteiger partial charge is 0.137 e. The molecule has 1 nitrogen and oxygen atoms in total. The van der Waals surface area contributed by atoms with Crippen LogP contribution in [-0.2, 0) is 0 Å². The van der Waals surface area contributed by atoms with Gasteiger partial charge >= 0.3 is 0 Å². The van der Waals surface area contributed by atoms with Crippen LogP contribution in [0.4, 0.5) is 8.78 Å². The second-order valence-electron chi connectivity index (χ2n) is 3.94. The Morgan fingerprint density at radius 2 is 1.94 bits per heavy atom. The highest BCUT2D eigenvalue weighted by Crippen LogP contribution is 2.29. The number of hydrogen-bond donors (Lipinski definition) is 1. The van der Waals surface area contributed by atoms with Crippen LogP contribution in [0.3, 0.4) is 0 Å². The predicted octanol–water partition coefficient (Wildman–Crippen LogP) is 4.03. The average molecular weight is 292 g/mol. The van der Waals surface area contributed by atoms with Crippen LogP contribution in [0.25, 0.3) is 0 Å². The van der Waals surface area contributed by atoms with E-state index in [0.29, 0.717) is 5.56 Å². The van der Waals surface area contributed by atoms with E-state index in [1.807, 2.05) is 13.8 Å². The third-order valence-electron chi connectivity index (χ3n) is 2.90. The summed E-state index contributed by atoms with van der Waals surface area (Å²) in [4.78, 5) is 0. The molecule has 2 unspecified atom stereocenters. The van der Waals surface area contributed by atoms with Gasteiger partial charge in [0.1, 0.15) is 11.6 Å². The first-order valence-electron chi connectivity index (χ1n) is 5.33. The monoisotopic (exact) mass is 291 g/mol. The van der Waals surface area contributed by atoms with E-state index in [9.17, 15) is 8.78 Å². The molecule has 0 aliphatic heterocycles.